The summed E-state index contributed by atoms with van der Waals surface area (Å²) in [6, 6.07) is 0. The summed E-state index contributed by atoms with van der Waals surface area (Å²) in [5.74, 6) is -0.755. The van der Waals surface area contributed by atoms with Gasteiger partial charge >= 0.3 is 5.97 Å². The SMILES string of the molecule is CC(C)(CO)CCCCC(O)CCCCC(C)(C)C(=O)O. The molecule has 0 amide bonds. The topological polar surface area (TPSA) is 77.8 Å². The van der Waals surface area contributed by atoms with Gasteiger partial charge in [0, 0.05) is 6.61 Å². The molecule has 0 aromatic carbocycles. The van der Waals surface area contributed by atoms with Gasteiger partial charge in [-0.15, -0.1) is 0 Å². The van der Waals surface area contributed by atoms with Crippen LogP contribution in [0.25, 0.3) is 0 Å². The maximum atomic E-state index is 11.0. The van der Waals surface area contributed by atoms with Crippen LogP contribution in [0.3, 0.4) is 0 Å². The summed E-state index contributed by atoms with van der Waals surface area (Å²) in [4.78, 5) is 11.0. The molecule has 21 heavy (non-hydrogen) atoms. The highest BCUT2D eigenvalue weighted by molar-refractivity contribution is 5.73. The molecule has 3 N–H and O–H groups in total. The molecular formula is C17H34O4. The molecule has 0 aliphatic rings. The summed E-state index contributed by atoms with van der Waals surface area (Å²) in [6.07, 6.45) is 6.61. The van der Waals surface area contributed by atoms with Crippen LogP contribution in [0.15, 0.2) is 0 Å². The molecule has 0 saturated carbocycles. The van der Waals surface area contributed by atoms with Crippen LogP contribution in [0.4, 0.5) is 0 Å². The Morgan fingerprint density at radius 1 is 0.952 bits per heavy atom. The summed E-state index contributed by atoms with van der Waals surface area (Å²) in [5, 5.41) is 28.1. The molecule has 1 atom stereocenters. The predicted octanol–water partition coefficient (Wildman–Crippen LogP) is 3.60. The zero-order valence-corrected chi connectivity index (χ0v) is 14.2. The average Bonchev–Trinajstić information content (AvgIpc) is 2.39. The third-order valence-corrected chi connectivity index (χ3v) is 4.24. The Morgan fingerprint density at radius 2 is 1.43 bits per heavy atom. The minimum atomic E-state index is -0.755. The van der Waals surface area contributed by atoms with E-state index in [9.17, 15) is 9.90 Å². The predicted molar refractivity (Wildman–Crippen MR) is 85.2 cm³/mol. The number of carboxylic acids is 1. The van der Waals surface area contributed by atoms with Crippen molar-refractivity contribution in [2.24, 2.45) is 10.8 Å². The zero-order valence-electron chi connectivity index (χ0n) is 14.2. The van der Waals surface area contributed by atoms with Crippen LogP contribution in [-0.4, -0.2) is 34.0 Å². The molecular weight excluding hydrogens is 268 g/mol. The van der Waals surface area contributed by atoms with Crippen LogP contribution < -0.4 is 0 Å². The van der Waals surface area contributed by atoms with E-state index in [4.69, 9.17) is 10.2 Å². The largest absolute Gasteiger partial charge is 0.481 e. The van der Waals surface area contributed by atoms with Crippen molar-refractivity contribution in [3.05, 3.63) is 0 Å². The number of carbonyl (C=O) groups is 1. The van der Waals surface area contributed by atoms with Crippen LogP contribution in [0.5, 0.6) is 0 Å². The quantitative estimate of drug-likeness (QED) is 0.481. The van der Waals surface area contributed by atoms with Crippen LogP contribution >= 0.6 is 0 Å². The Hall–Kier alpha value is -0.610. The van der Waals surface area contributed by atoms with E-state index in [0.29, 0.717) is 6.42 Å². The molecule has 1 unspecified atom stereocenters. The molecule has 0 spiro atoms. The van der Waals surface area contributed by atoms with Crippen molar-refractivity contribution >= 4 is 5.97 Å². The molecule has 0 aromatic heterocycles. The summed E-state index contributed by atoms with van der Waals surface area (Å²) < 4.78 is 0. The minimum absolute atomic E-state index is 0.0205. The molecule has 0 aliphatic carbocycles. The second kappa shape index (κ2) is 9.42. The van der Waals surface area contributed by atoms with E-state index >= 15 is 0 Å². The van der Waals surface area contributed by atoms with Crippen molar-refractivity contribution in [3.8, 4) is 0 Å². The molecule has 0 saturated heterocycles. The molecule has 0 heterocycles. The van der Waals surface area contributed by atoms with Crippen LogP contribution in [0, 0.1) is 10.8 Å². The van der Waals surface area contributed by atoms with E-state index in [1.807, 2.05) is 13.8 Å². The van der Waals surface area contributed by atoms with Gasteiger partial charge in [0.25, 0.3) is 0 Å². The Kier molecular flexibility index (Phi) is 9.14. The number of carboxylic acid groups (broad SMARTS) is 1. The third kappa shape index (κ3) is 9.86. The maximum absolute atomic E-state index is 11.0. The van der Waals surface area contributed by atoms with Gasteiger partial charge < -0.3 is 15.3 Å². The zero-order chi connectivity index (χ0) is 16.5. The first kappa shape index (κ1) is 20.4. The van der Waals surface area contributed by atoms with E-state index < -0.39 is 11.4 Å². The molecule has 4 heteroatoms. The first-order chi connectivity index (χ1) is 9.60. The fourth-order valence-corrected chi connectivity index (χ4v) is 2.26. The van der Waals surface area contributed by atoms with E-state index in [0.717, 1.165) is 44.9 Å². The Morgan fingerprint density at radius 3 is 1.86 bits per heavy atom. The Labute approximate surface area is 129 Å². The van der Waals surface area contributed by atoms with Gasteiger partial charge in [-0.05, 0) is 44.9 Å². The Bertz CT molecular complexity index is 297. The smallest absolute Gasteiger partial charge is 0.309 e. The lowest BCUT2D eigenvalue weighted by Crippen LogP contribution is -2.23. The second-order valence-corrected chi connectivity index (χ2v) is 7.66. The number of aliphatic hydroxyl groups excluding tert-OH is 2. The maximum Gasteiger partial charge on any atom is 0.309 e. The number of aliphatic hydroxyl groups is 2. The molecule has 0 aromatic rings. The van der Waals surface area contributed by atoms with Gasteiger partial charge in [-0.3, -0.25) is 4.79 Å². The van der Waals surface area contributed by atoms with E-state index in [1.54, 1.807) is 13.8 Å². The first-order valence-electron chi connectivity index (χ1n) is 8.13. The number of unbranched alkanes of at least 4 members (excludes halogenated alkanes) is 2. The van der Waals surface area contributed by atoms with Crippen molar-refractivity contribution in [1.29, 1.82) is 0 Å². The highest BCUT2D eigenvalue weighted by atomic mass is 16.4. The van der Waals surface area contributed by atoms with Gasteiger partial charge in [0.1, 0.15) is 0 Å². The van der Waals surface area contributed by atoms with Crippen molar-refractivity contribution < 1.29 is 20.1 Å². The molecule has 0 rings (SSSR count). The second-order valence-electron chi connectivity index (χ2n) is 7.66. The van der Waals surface area contributed by atoms with E-state index in [1.165, 1.54) is 0 Å². The highest BCUT2D eigenvalue weighted by Gasteiger charge is 2.26. The lowest BCUT2D eigenvalue weighted by Gasteiger charge is -2.21. The van der Waals surface area contributed by atoms with Gasteiger partial charge in [0.15, 0.2) is 0 Å². The lowest BCUT2D eigenvalue weighted by atomic mass is 9.86. The minimum Gasteiger partial charge on any atom is -0.481 e. The summed E-state index contributed by atoms with van der Waals surface area (Å²) in [6.45, 7) is 7.79. The van der Waals surface area contributed by atoms with Crippen LogP contribution in [-0.2, 0) is 4.79 Å². The van der Waals surface area contributed by atoms with Crippen molar-refractivity contribution in [3.63, 3.8) is 0 Å². The number of hydrogen-bond donors (Lipinski definition) is 3. The summed E-state index contributed by atoms with van der Waals surface area (Å²) in [7, 11) is 0. The number of rotatable bonds is 12. The standard InChI is InChI=1S/C17H34O4/c1-16(2,13-18)11-7-5-9-14(19)10-6-8-12-17(3,4)15(20)21/h14,18-19H,5-13H2,1-4H3,(H,20,21). The number of hydrogen-bond acceptors (Lipinski definition) is 3. The fraction of sp³-hybridized carbons (Fsp3) is 0.941. The average molecular weight is 302 g/mol. The summed E-state index contributed by atoms with van der Waals surface area (Å²) in [5.41, 5.74) is -0.686. The van der Waals surface area contributed by atoms with Crippen LogP contribution in [0.2, 0.25) is 0 Å². The first-order valence-corrected chi connectivity index (χ1v) is 8.13. The van der Waals surface area contributed by atoms with E-state index in [-0.39, 0.29) is 18.1 Å². The van der Waals surface area contributed by atoms with E-state index in [2.05, 4.69) is 0 Å². The molecule has 0 aliphatic heterocycles. The summed E-state index contributed by atoms with van der Waals surface area (Å²) >= 11 is 0. The van der Waals surface area contributed by atoms with Gasteiger partial charge in [-0.1, -0.05) is 39.5 Å². The van der Waals surface area contributed by atoms with Crippen molar-refractivity contribution in [1.82, 2.24) is 0 Å². The van der Waals surface area contributed by atoms with Gasteiger partial charge in [0.05, 0.1) is 11.5 Å². The van der Waals surface area contributed by atoms with Gasteiger partial charge in [-0.2, -0.15) is 0 Å². The lowest BCUT2D eigenvalue weighted by molar-refractivity contribution is -0.147. The number of aliphatic carboxylic acids is 1. The van der Waals surface area contributed by atoms with Gasteiger partial charge in [0.2, 0.25) is 0 Å². The Balaban J connectivity index is 3.64. The van der Waals surface area contributed by atoms with Crippen LogP contribution in [0.1, 0.15) is 79.1 Å². The highest BCUT2D eigenvalue weighted by Crippen LogP contribution is 2.25. The molecule has 0 radical (unpaired) electrons. The third-order valence-electron chi connectivity index (χ3n) is 4.24. The normalized spacial score (nSPS) is 14.2. The molecule has 126 valence electrons. The molecule has 0 fully saturated rings. The molecule has 0 bridgehead atoms. The van der Waals surface area contributed by atoms with Crippen molar-refractivity contribution in [2.75, 3.05) is 6.61 Å². The molecule has 4 nitrogen and oxygen atoms in total. The fourth-order valence-electron chi connectivity index (χ4n) is 2.26. The monoisotopic (exact) mass is 302 g/mol. The van der Waals surface area contributed by atoms with Gasteiger partial charge in [-0.25, -0.2) is 0 Å². The van der Waals surface area contributed by atoms with Crippen molar-refractivity contribution in [2.45, 2.75) is 85.2 Å².